The van der Waals surface area contributed by atoms with Crippen molar-refractivity contribution in [1.29, 1.82) is 0 Å². The van der Waals surface area contributed by atoms with Crippen molar-refractivity contribution in [2.75, 3.05) is 13.7 Å². The van der Waals surface area contributed by atoms with Crippen LogP contribution in [0, 0.1) is 0 Å². The predicted octanol–water partition coefficient (Wildman–Crippen LogP) is 4.29. The molecular formula is C24H22N2O4S. The molecule has 31 heavy (non-hydrogen) atoms. The molecule has 0 radical (unpaired) electrons. The maximum atomic E-state index is 12.3. The zero-order valence-electron chi connectivity index (χ0n) is 17.0. The zero-order chi connectivity index (χ0) is 21.9. The number of esters is 1. The molecule has 1 amide bonds. The van der Waals surface area contributed by atoms with Gasteiger partial charge in [-0.05, 0) is 47.5 Å². The topological polar surface area (TPSA) is 77.0 Å². The first-order valence-corrected chi connectivity index (χ1v) is 10.5. The van der Waals surface area contributed by atoms with E-state index in [2.05, 4.69) is 27.4 Å². The van der Waals surface area contributed by atoms with Gasteiger partial charge in [0.05, 0.1) is 13.3 Å². The third-order valence-corrected chi connectivity index (χ3v) is 5.27. The molecule has 0 aromatic heterocycles. The van der Waals surface area contributed by atoms with E-state index in [0.29, 0.717) is 11.3 Å². The Bertz CT molecular complexity index is 1040. The Hall–Kier alpha value is -3.58. The van der Waals surface area contributed by atoms with Crippen molar-refractivity contribution in [2.24, 2.45) is 5.10 Å². The number of methoxy groups -OCH3 is 1. The van der Waals surface area contributed by atoms with Crippen molar-refractivity contribution in [3.8, 4) is 5.75 Å². The molecular weight excluding hydrogens is 412 g/mol. The van der Waals surface area contributed by atoms with Crippen molar-refractivity contribution in [3.05, 3.63) is 95.6 Å². The second-order valence-corrected chi connectivity index (χ2v) is 7.48. The maximum Gasteiger partial charge on any atom is 0.343 e. The Labute approximate surface area is 185 Å². The summed E-state index contributed by atoms with van der Waals surface area (Å²) in [5.74, 6) is 0.579. The molecule has 6 nitrogen and oxygen atoms in total. The van der Waals surface area contributed by atoms with Gasteiger partial charge in [-0.1, -0.05) is 42.5 Å². The van der Waals surface area contributed by atoms with E-state index in [4.69, 9.17) is 4.74 Å². The molecule has 0 aliphatic carbocycles. The molecule has 3 aromatic rings. The van der Waals surface area contributed by atoms with Gasteiger partial charge in [0.2, 0.25) is 0 Å². The highest BCUT2D eigenvalue weighted by molar-refractivity contribution is 7.98. The van der Waals surface area contributed by atoms with Crippen molar-refractivity contribution in [2.45, 2.75) is 10.6 Å². The number of thioether (sulfide) groups is 1. The Morgan fingerprint density at radius 3 is 2.52 bits per heavy atom. The second-order valence-electron chi connectivity index (χ2n) is 6.44. The molecule has 0 saturated carbocycles. The lowest BCUT2D eigenvalue weighted by atomic mass is 10.1. The normalized spacial score (nSPS) is 10.6. The number of amides is 1. The summed E-state index contributed by atoms with van der Waals surface area (Å²) in [6.45, 7) is -0.173. The molecule has 158 valence electrons. The Morgan fingerprint density at radius 2 is 1.77 bits per heavy atom. The number of hydrogen-bond donors (Lipinski definition) is 1. The molecule has 0 aliphatic rings. The number of ether oxygens (including phenoxy) is 2. The number of nitrogens with zero attached hydrogens (tertiary/aromatic N) is 1. The summed E-state index contributed by atoms with van der Waals surface area (Å²) < 4.78 is 9.87. The van der Waals surface area contributed by atoms with E-state index in [1.807, 2.05) is 30.3 Å². The SMILES string of the molecule is COC(=O)COc1cccc(/C=N\NC(=O)c2ccc(CSc3ccccc3)cc2)c1. The average molecular weight is 435 g/mol. The van der Waals surface area contributed by atoms with Gasteiger partial charge in [-0.25, -0.2) is 10.2 Å². The summed E-state index contributed by atoms with van der Waals surface area (Å²) in [5.41, 5.74) is 4.90. The summed E-state index contributed by atoms with van der Waals surface area (Å²) in [6, 6.07) is 24.6. The summed E-state index contributed by atoms with van der Waals surface area (Å²) in [5, 5.41) is 3.99. The smallest absolute Gasteiger partial charge is 0.343 e. The van der Waals surface area contributed by atoms with Crippen LogP contribution in [0.25, 0.3) is 0 Å². The average Bonchev–Trinajstić information content (AvgIpc) is 2.82. The minimum Gasteiger partial charge on any atom is -0.482 e. The number of rotatable bonds is 9. The Morgan fingerprint density at radius 1 is 1.00 bits per heavy atom. The lowest BCUT2D eigenvalue weighted by molar-refractivity contribution is -0.142. The van der Waals surface area contributed by atoms with E-state index in [0.717, 1.165) is 16.9 Å². The molecule has 0 unspecified atom stereocenters. The first-order valence-electron chi connectivity index (χ1n) is 9.54. The van der Waals surface area contributed by atoms with Crippen molar-refractivity contribution in [1.82, 2.24) is 5.43 Å². The Kier molecular flexibility index (Phi) is 8.25. The molecule has 7 heteroatoms. The number of carbonyl (C=O) groups is 2. The molecule has 1 N–H and O–H groups in total. The van der Waals surface area contributed by atoms with Gasteiger partial charge >= 0.3 is 5.97 Å². The first-order chi connectivity index (χ1) is 15.1. The molecule has 0 fully saturated rings. The van der Waals surface area contributed by atoms with E-state index < -0.39 is 5.97 Å². The standard InChI is InChI=1S/C24H22N2O4S/c1-29-23(27)16-30-21-7-5-6-19(14-21)15-25-26-24(28)20-12-10-18(11-13-20)17-31-22-8-3-2-4-9-22/h2-15H,16-17H2,1H3,(H,26,28)/b25-15-. The fraction of sp³-hybridized carbons (Fsp3) is 0.125. The van der Waals surface area contributed by atoms with Crippen molar-refractivity contribution in [3.63, 3.8) is 0 Å². The monoisotopic (exact) mass is 434 g/mol. The molecule has 0 aliphatic heterocycles. The third-order valence-electron chi connectivity index (χ3n) is 4.19. The van der Waals surface area contributed by atoms with Crippen molar-refractivity contribution < 1.29 is 19.1 Å². The zero-order valence-corrected chi connectivity index (χ0v) is 17.8. The third kappa shape index (κ3) is 7.31. The highest BCUT2D eigenvalue weighted by Crippen LogP contribution is 2.22. The van der Waals surface area contributed by atoms with Gasteiger partial charge in [0, 0.05) is 16.2 Å². The van der Waals surface area contributed by atoms with E-state index >= 15 is 0 Å². The van der Waals surface area contributed by atoms with Crippen LogP contribution in [0.15, 0.2) is 88.9 Å². The molecule has 0 atom stereocenters. The highest BCUT2D eigenvalue weighted by atomic mass is 32.2. The van der Waals surface area contributed by atoms with Crippen LogP contribution in [0.5, 0.6) is 5.75 Å². The summed E-state index contributed by atoms with van der Waals surface area (Å²) in [7, 11) is 1.30. The van der Waals surface area contributed by atoms with Crippen molar-refractivity contribution >= 4 is 29.9 Å². The van der Waals surface area contributed by atoms with E-state index in [-0.39, 0.29) is 12.5 Å². The van der Waals surface area contributed by atoms with Crippen LogP contribution >= 0.6 is 11.8 Å². The molecule has 3 rings (SSSR count). The molecule has 0 saturated heterocycles. The molecule has 0 bridgehead atoms. The van der Waals surface area contributed by atoms with Crippen LogP contribution in [0.4, 0.5) is 0 Å². The number of carbonyl (C=O) groups excluding carboxylic acids is 2. The van der Waals surface area contributed by atoms with Gasteiger partial charge in [-0.15, -0.1) is 11.8 Å². The minimum absolute atomic E-state index is 0.173. The number of nitrogens with one attached hydrogen (secondary N) is 1. The van der Waals surface area contributed by atoms with Crippen LogP contribution < -0.4 is 10.2 Å². The van der Waals surface area contributed by atoms with Crippen LogP contribution in [0.2, 0.25) is 0 Å². The van der Waals surface area contributed by atoms with Gasteiger partial charge in [0.15, 0.2) is 6.61 Å². The van der Waals surface area contributed by atoms with Gasteiger partial charge in [-0.3, -0.25) is 4.79 Å². The van der Waals surface area contributed by atoms with Crippen LogP contribution in [0.3, 0.4) is 0 Å². The molecule has 0 spiro atoms. The minimum atomic E-state index is -0.462. The van der Waals surface area contributed by atoms with Crippen LogP contribution in [0.1, 0.15) is 21.5 Å². The van der Waals surface area contributed by atoms with E-state index in [1.165, 1.54) is 18.2 Å². The predicted molar refractivity (Wildman–Crippen MR) is 121 cm³/mol. The maximum absolute atomic E-state index is 12.3. The van der Waals surface area contributed by atoms with Gasteiger partial charge < -0.3 is 9.47 Å². The highest BCUT2D eigenvalue weighted by Gasteiger charge is 2.05. The molecule has 0 heterocycles. The van der Waals surface area contributed by atoms with E-state index in [9.17, 15) is 9.59 Å². The molecule has 3 aromatic carbocycles. The lowest BCUT2D eigenvalue weighted by Crippen LogP contribution is -2.17. The second kappa shape index (κ2) is 11.6. The summed E-state index contributed by atoms with van der Waals surface area (Å²) in [6.07, 6.45) is 1.51. The largest absolute Gasteiger partial charge is 0.482 e. The Balaban J connectivity index is 1.50. The van der Waals surface area contributed by atoms with E-state index in [1.54, 1.807) is 48.2 Å². The van der Waals surface area contributed by atoms with Crippen LogP contribution in [-0.2, 0) is 15.3 Å². The lowest BCUT2D eigenvalue weighted by Gasteiger charge is -2.05. The van der Waals surface area contributed by atoms with Gasteiger partial charge in [0.1, 0.15) is 5.75 Å². The number of hydrazone groups is 1. The fourth-order valence-corrected chi connectivity index (χ4v) is 3.43. The number of benzene rings is 3. The van der Waals surface area contributed by atoms with Gasteiger partial charge in [0.25, 0.3) is 5.91 Å². The summed E-state index contributed by atoms with van der Waals surface area (Å²) in [4.78, 5) is 24.7. The first kappa shape index (κ1) is 22.1. The van der Waals surface area contributed by atoms with Crippen LogP contribution in [-0.4, -0.2) is 31.8 Å². The summed E-state index contributed by atoms with van der Waals surface area (Å²) >= 11 is 1.75. The quantitative estimate of drug-likeness (QED) is 0.235. The fourth-order valence-electron chi connectivity index (χ4n) is 2.55. The van der Waals surface area contributed by atoms with Gasteiger partial charge in [-0.2, -0.15) is 5.10 Å². The number of hydrogen-bond acceptors (Lipinski definition) is 6.